The second-order valence-electron chi connectivity index (χ2n) is 7.84. The Hall–Kier alpha value is -2.59. The molecule has 4 heteroatoms. The summed E-state index contributed by atoms with van der Waals surface area (Å²) in [7, 11) is 1.63. The van der Waals surface area contributed by atoms with Crippen molar-refractivity contribution in [2.45, 2.75) is 45.1 Å². The zero-order valence-corrected chi connectivity index (χ0v) is 17.3. The molecule has 1 heterocycles. The monoisotopic (exact) mass is 389 g/mol. The minimum Gasteiger partial charge on any atom is -0.495 e. The lowest BCUT2D eigenvalue weighted by molar-refractivity contribution is 0.418. The van der Waals surface area contributed by atoms with Crippen molar-refractivity contribution in [3.8, 4) is 5.75 Å². The third-order valence-corrected chi connectivity index (χ3v) is 6.10. The van der Waals surface area contributed by atoms with Crippen molar-refractivity contribution in [3.05, 3.63) is 81.5 Å². The number of methoxy groups -OCH3 is 1. The molecular weight excluding hydrogens is 360 g/mol. The van der Waals surface area contributed by atoms with Gasteiger partial charge in [-0.3, -0.25) is 4.79 Å². The van der Waals surface area contributed by atoms with Gasteiger partial charge in [-0.15, -0.1) is 0 Å². The van der Waals surface area contributed by atoms with Crippen LogP contribution < -0.4 is 15.6 Å². The van der Waals surface area contributed by atoms with E-state index in [-0.39, 0.29) is 5.56 Å². The van der Waals surface area contributed by atoms with Crippen LogP contribution in [0.3, 0.4) is 0 Å². The van der Waals surface area contributed by atoms with Crippen LogP contribution in [-0.4, -0.2) is 24.7 Å². The van der Waals surface area contributed by atoms with E-state index >= 15 is 0 Å². The Morgan fingerprint density at radius 2 is 1.86 bits per heavy atom. The lowest BCUT2D eigenvalue weighted by Crippen LogP contribution is -2.31. The summed E-state index contributed by atoms with van der Waals surface area (Å²) in [4.78, 5) is 14.6. The first kappa shape index (κ1) is 19.7. The molecule has 0 bridgehead atoms. The number of rotatable bonds is 7. The van der Waals surface area contributed by atoms with E-state index in [1.54, 1.807) is 13.2 Å². The van der Waals surface area contributed by atoms with Crippen LogP contribution in [0, 0.1) is 6.92 Å². The average molecular weight is 390 g/mol. The van der Waals surface area contributed by atoms with Crippen molar-refractivity contribution in [1.29, 1.82) is 0 Å². The van der Waals surface area contributed by atoms with Gasteiger partial charge in [0.25, 0.3) is 0 Å². The predicted molar refractivity (Wildman–Crippen MR) is 119 cm³/mol. The molecule has 0 spiro atoms. The van der Waals surface area contributed by atoms with Crippen LogP contribution in [-0.2, 0) is 32.1 Å². The van der Waals surface area contributed by atoms with Crippen LogP contribution in [0.1, 0.15) is 34.7 Å². The molecule has 3 aromatic rings. The minimum atomic E-state index is -0.108. The summed E-state index contributed by atoms with van der Waals surface area (Å²) in [5, 5.41) is 4.79. The highest BCUT2D eigenvalue weighted by Crippen LogP contribution is 2.28. The summed E-state index contributed by atoms with van der Waals surface area (Å²) < 4.78 is 5.41. The minimum absolute atomic E-state index is 0.108. The number of H-pyrrole nitrogens is 1. The van der Waals surface area contributed by atoms with Crippen LogP contribution in [0.25, 0.3) is 10.9 Å². The van der Waals surface area contributed by atoms with Crippen molar-refractivity contribution in [1.82, 2.24) is 10.3 Å². The van der Waals surface area contributed by atoms with Crippen LogP contribution in [0.15, 0.2) is 41.2 Å². The molecule has 2 aromatic carbocycles. The first-order valence-electron chi connectivity index (χ1n) is 10.5. The molecule has 0 saturated heterocycles. The summed E-state index contributed by atoms with van der Waals surface area (Å²) >= 11 is 0. The maximum atomic E-state index is 11.7. The number of aromatic amines is 1. The highest BCUT2D eigenvalue weighted by atomic mass is 16.5. The molecule has 2 N–H and O–H groups in total. The Bertz CT molecular complexity index is 1050. The quantitative estimate of drug-likeness (QED) is 0.605. The number of aromatic nitrogens is 1. The van der Waals surface area contributed by atoms with E-state index in [4.69, 9.17) is 4.74 Å². The molecule has 1 unspecified atom stereocenters. The first-order chi connectivity index (χ1) is 14.1. The topological polar surface area (TPSA) is 54.1 Å². The molecule has 1 atom stereocenters. The molecular formula is C25H29N2O2-. The fraction of sp³-hybridized carbons (Fsp3) is 0.360. The van der Waals surface area contributed by atoms with E-state index in [0.29, 0.717) is 11.8 Å². The van der Waals surface area contributed by atoms with Crippen molar-refractivity contribution in [2.75, 3.05) is 13.7 Å². The number of ether oxygens (including phenoxy) is 1. The van der Waals surface area contributed by atoms with Gasteiger partial charge in [0.1, 0.15) is 5.75 Å². The highest BCUT2D eigenvalue weighted by Gasteiger charge is 2.22. The largest absolute Gasteiger partial charge is 0.495 e. The third-order valence-electron chi connectivity index (χ3n) is 6.10. The molecule has 1 aliphatic rings. The number of aryl methyl sites for hydroxylation is 1. The van der Waals surface area contributed by atoms with Gasteiger partial charge in [-0.2, -0.15) is 6.42 Å². The summed E-state index contributed by atoms with van der Waals surface area (Å²) in [5.41, 5.74) is 7.69. The third kappa shape index (κ3) is 3.95. The molecule has 0 amide bonds. The van der Waals surface area contributed by atoms with Gasteiger partial charge in [0.2, 0.25) is 5.56 Å². The van der Waals surface area contributed by atoms with Crippen LogP contribution >= 0.6 is 0 Å². The standard InChI is InChI=1S/C25H29N2O2/c1-4-16-12-19-14-21(15-20(19)13-17(16)5-2)26-11-10-18-6-8-23(29-3)25-22(18)7-9-24(28)27-25/h6-9,12-13,21,26H,1,4-5,10-11,14-15H2,2-3H3,(H,27,28)/q-1. The molecule has 0 fully saturated rings. The molecule has 1 aliphatic carbocycles. The smallest absolute Gasteiger partial charge is 0.248 e. The van der Waals surface area contributed by atoms with Crippen LogP contribution in [0.5, 0.6) is 5.75 Å². The molecule has 0 aliphatic heterocycles. The lowest BCUT2D eigenvalue weighted by Gasteiger charge is -2.14. The Morgan fingerprint density at radius 3 is 2.55 bits per heavy atom. The van der Waals surface area contributed by atoms with Crippen molar-refractivity contribution in [3.63, 3.8) is 0 Å². The maximum absolute atomic E-state index is 11.7. The van der Waals surface area contributed by atoms with Gasteiger partial charge in [0, 0.05) is 17.5 Å². The summed E-state index contributed by atoms with van der Waals surface area (Å²) in [5.74, 6) is 0.702. The Morgan fingerprint density at radius 1 is 1.10 bits per heavy atom. The molecule has 1 aromatic heterocycles. The summed E-state index contributed by atoms with van der Waals surface area (Å²) in [6.07, 6.45) is 5.02. The van der Waals surface area contributed by atoms with Crippen molar-refractivity contribution < 1.29 is 4.74 Å². The second-order valence-corrected chi connectivity index (χ2v) is 7.84. The van der Waals surface area contributed by atoms with Gasteiger partial charge >= 0.3 is 0 Å². The number of nitrogens with one attached hydrogen (secondary N) is 2. The summed E-state index contributed by atoms with van der Waals surface area (Å²) in [6.45, 7) is 7.21. The van der Waals surface area contributed by atoms with E-state index in [2.05, 4.69) is 42.3 Å². The fourth-order valence-electron chi connectivity index (χ4n) is 4.57. The van der Waals surface area contributed by atoms with Crippen molar-refractivity contribution in [2.24, 2.45) is 0 Å². The Kier molecular flexibility index (Phi) is 5.72. The van der Waals surface area contributed by atoms with Crippen LogP contribution in [0.2, 0.25) is 0 Å². The van der Waals surface area contributed by atoms with E-state index in [1.807, 2.05) is 12.1 Å². The number of benzene rings is 2. The van der Waals surface area contributed by atoms with E-state index in [1.165, 1.54) is 27.8 Å². The predicted octanol–water partition coefficient (Wildman–Crippen LogP) is 3.78. The lowest BCUT2D eigenvalue weighted by atomic mass is 9.97. The summed E-state index contributed by atoms with van der Waals surface area (Å²) in [6, 6.07) is 12.8. The molecule has 4 rings (SSSR count). The van der Waals surface area contributed by atoms with Crippen molar-refractivity contribution >= 4 is 10.9 Å². The van der Waals surface area contributed by atoms with Gasteiger partial charge in [0.05, 0.1) is 12.6 Å². The second kappa shape index (κ2) is 8.42. The normalized spacial score (nSPS) is 15.6. The van der Waals surface area contributed by atoms with E-state index < -0.39 is 0 Å². The van der Waals surface area contributed by atoms with Gasteiger partial charge in [-0.1, -0.05) is 30.7 Å². The molecule has 4 nitrogen and oxygen atoms in total. The molecule has 152 valence electrons. The van der Waals surface area contributed by atoms with Gasteiger partial charge in [-0.25, -0.2) is 0 Å². The van der Waals surface area contributed by atoms with Gasteiger partial charge < -0.3 is 22.0 Å². The number of fused-ring (bicyclic) bond motifs is 2. The number of pyridine rings is 1. The Balaban J connectivity index is 1.44. The van der Waals surface area contributed by atoms with E-state index in [9.17, 15) is 4.79 Å². The number of hydrogen-bond acceptors (Lipinski definition) is 3. The molecule has 0 radical (unpaired) electrons. The van der Waals surface area contributed by atoms with E-state index in [0.717, 1.165) is 49.6 Å². The molecule has 0 saturated carbocycles. The number of hydrogen-bond donors (Lipinski definition) is 2. The first-order valence-corrected chi connectivity index (χ1v) is 10.5. The zero-order valence-electron chi connectivity index (χ0n) is 17.3. The van der Waals surface area contributed by atoms with Gasteiger partial charge in [0.15, 0.2) is 0 Å². The zero-order chi connectivity index (χ0) is 20.4. The maximum Gasteiger partial charge on any atom is 0.248 e. The van der Waals surface area contributed by atoms with Gasteiger partial charge in [-0.05, 0) is 66.6 Å². The van der Waals surface area contributed by atoms with Crippen LogP contribution in [0.4, 0.5) is 0 Å². The fourth-order valence-corrected chi connectivity index (χ4v) is 4.57. The Labute approximate surface area is 172 Å². The SMILES string of the molecule is [CH2-]Cc1cc2c(cc1CC)CC(NCCc1ccc(OC)c3[nH]c(=O)ccc13)C2. The highest BCUT2D eigenvalue weighted by molar-refractivity contribution is 5.87. The average Bonchev–Trinajstić information content (AvgIpc) is 3.14. The molecule has 29 heavy (non-hydrogen) atoms.